The summed E-state index contributed by atoms with van der Waals surface area (Å²) in [5.41, 5.74) is 6.75. The zero-order valence-electron chi connectivity index (χ0n) is 19.7. The van der Waals surface area contributed by atoms with E-state index in [1.807, 2.05) is 0 Å². The van der Waals surface area contributed by atoms with Gasteiger partial charge in [0.2, 0.25) is 5.96 Å². The first-order chi connectivity index (χ1) is 15.4. The van der Waals surface area contributed by atoms with E-state index in [2.05, 4.69) is 14.6 Å². The number of carbonyl (C=O) groups excluding carboxylic acids is 1. The van der Waals surface area contributed by atoms with Crippen LogP contribution in [0, 0.1) is 5.82 Å². The molecule has 0 spiro atoms. The number of amides is 1. The fraction of sp³-hybridized carbons (Fsp3) is 0.278. The minimum absolute atomic E-state index is 0. The van der Waals surface area contributed by atoms with Gasteiger partial charge in [0.1, 0.15) is 24.3 Å². The van der Waals surface area contributed by atoms with Gasteiger partial charge in [-0.15, -0.1) is 5.10 Å². The quantitative estimate of drug-likeness (QED) is 0.0774. The minimum Gasteiger partial charge on any atom is -0.635 e. The van der Waals surface area contributed by atoms with E-state index in [-0.39, 0.29) is 82.9 Å². The third-order valence-corrected chi connectivity index (χ3v) is 5.04. The molecule has 13 nitrogen and oxygen atoms in total. The molecule has 0 bridgehead atoms. The van der Waals surface area contributed by atoms with E-state index in [1.54, 1.807) is 19.2 Å². The molecule has 1 aliphatic heterocycles. The van der Waals surface area contributed by atoms with Crippen LogP contribution in [0.3, 0.4) is 0 Å². The predicted octanol–water partition coefficient (Wildman–Crippen LogP) is -6.90. The van der Waals surface area contributed by atoms with Crippen molar-refractivity contribution in [1.82, 2.24) is 10.1 Å². The van der Waals surface area contributed by atoms with Gasteiger partial charge in [-0.05, 0) is 30.3 Å². The number of ether oxygens (including phenoxy) is 1. The van der Waals surface area contributed by atoms with Gasteiger partial charge in [-0.3, -0.25) is 9.80 Å². The van der Waals surface area contributed by atoms with Gasteiger partial charge in [-0.2, -0.15) is 0 Å². The Morgan fingerprint density at radius 2 is 2.06 bits per heavy atom. The van der Waals surface area contributed by atoms with E-state index in [1.165, 1.54) is 30.3 Å². The van der Waals surface area contributed by atoms with E-state index in [4.69, 9.17) is 21.2 Å². The number of nitrogens with two attached hydrogens (primary N) is 2. The number of aromatic nitrogens is 1. The van der Waals surface area contributed by atoms with Crippen LogP contribution in [0.4, 0.5) is 20.7 Å². The topological polar surface area (TPSA) is 189 Å². The number of pyridine rings is 1. The molecule has 5 N–H and O–H groups in total. The van der Waals surface area contributed by atoms with E-state index in [0.29, 0.717) is 11.4 Å². The molecule has 1 fully saturated rings. The molecule has 0 aliphatic carbocycles. The largest absolute Gasteiger partial charge is 1.00 e. The molecule has 0 radical (unpaired) electrons. The number of phosphoric acid groups is 1. The summed E-state index contributed by atoms with van der Waals surface area (Å²) in [5.74, 6) is 5.38. The Bertz CT molecular complexity index is 1040. The van der Waals surface area contributed by atoms with Crippen LogP contribution in [0.15, 0.2) is 41.6 Å². The molecular weight excluding hydrogens is 506 g/mol. The molecule has 35 heavy (non-hydrogen) atoms. The van der Waals surface area contributed by atoms with Crippen molar-refractivity contribution >= 4 is 31.7 Å². The molecule has 0 saturated carbocycles. The minimum atomic E-state index is -4.95. The molecule has 1 saturated heterocycles. The summed E-state index contributed by atoms with van der Waals surface area (Å²) in [6.07, 6.45) is -0.291. The van der Waals surface area contributed by atoms with Crippen molar-refractivity contribution in [2.75, 3.05) is 37.0 Å². The number of carbonyl (C=O) groups is 1. The van der Waals surface area contributed by atoms with Crippen LogP contribution in [0.25, 0.3) is 11.1 Å². The molecule has 2 aromatic rings. The maximum absolute atomic E-state index is 14.8. The van der Waals surface area contributed by atoms with E-state index < -0.39 is 32.8 Å². The predicted molar refractivity (Wildman–Crippen MR) is 114 cm³/mol. The monoisotopic (exact) mass is 528 g/mol. The molecule has 1 aromatic carbocycles. The summed E-state index contributed by atoms with van der Waals surface area (Å²) in [6.45, 7) is -0.634. The van der Waals surface area contributed by atoms with E-state index in [0.717, 1.165) is 16.1 Å². The molecular formula is C18H22FN7Na2O6P+. The summed E-state index contributed by atoms with van der Waals surface area (Å²) >= 11 is 0. The fourth-order valence-corrected chi connectivity index (χ4v) is 3.35. The number of rotatable bonds is 7. The SMILES string of the molecule is CN(N)/N=C(\N)N(C)c1ccc(-c2ccc(N3C[C@H](CO[P+]([O-])([O-])O)OC3=O)cc2F)cn1.[Na+].[Na+]. The van der Waals surface area contributed by atoms with Crippen LogP contribution in [0.2, 0.25) is 0 Å². The third-order valence-electron chi connectivity index (χ3n) is 4.57. The Balaban J connectivity index is 0.00000306. The number of hydrogen-bond acceptors (Lipinski definition) is 10. The first-order valence-corrected chi connectivity index (χ1v) is 10.9. The fourth-order valence-electron chi connectivity index (χ4n) is 2.99. The molecule has 0 unspecified atom stereocenters. The number of hydrazone groups is 1. The van der Waals surface area contributed by atoms with Crippen LogP contribution in [-0.4, -0.2) is 60.4 Å². The van der Waals surface area contributed by atoms with E-state index in [9.17, 15) is 19.0 Å². The summed E-state index contributed by atoms with van der Waals surface area (Å²) < 4.78 is 24.1. The van der Waals surface area contributed by atoms with Crippen molar-refractivity contribution in [2.45, 2.75) is 6.10 Å². The van der Waals surface area contributed by atoms with Gasteiger partial charge in [-0.25, -0.2) is 34.5 Å². The van der Waals surface area contributed by atoms with Crippen molar-refractivity contribution in [1.29, 1.82) is 0 Å². The number of anilines is 2. The number of phosphoric ester groups is 1. The molecule has 1 aliphatic rings. The second kappa shape index (κ2) is 13.4. The van der Waals surface area contributed by atoms with Crippen molar-refractivity contribution in [3.8, 4) is 11.1 Å². The van der Waals surface area contributed by atoms with Crippen LogP contribution >= 0.6 is 8.17 Å². The van der Waals surface area contributed by atoms with Crippen LogP contribution in [-0.2, 0) is 9.26 Å². The molecule has 178 valence electrons. The smallest absolute Gasteiger partial charge is 0.635 e. The van der Waals surface area contributed by atoms with Gasteiger partial charge in [0, 0.05) is 31.4 Å². The Kier molecular flexibility index (Phi) is 12.2. The van der Waals surface area contributed by atoms with Crippen LogP contribution in [0.5, 0.6) is 0 Å². The second-order valence-electron chi connectivity index (χ2n) is 7.04. The van der Waals surface area contributed by atoms with Gasteiger partial charge in [0.05, 0.1) is 12.2 Å². The van der Waals surface area contributed by atoms with Crippen LogP contribution < -0.4 is 90.3 Å². The van der Waals surface area contributed by atoms with Gasteiger partial charge in [0.15, 0.2) is 8.17 Å². The number of halogens is 1. The van der Waals surface area contributed by atoms with E-state index >= 15 is 0 Å². The number of hydrogen-bond donors (Lipinski definition) is 3. The number of benzene rings is 1. The average Bonchev–Trinajstić information content (AvgIpc) is 3.11. The summed E-state index contributed by atoms with van der Waals surface area (Å²) in [7, 11) is -1.79. The zero-order valence-corrected chi connectivity index (χ0v) is 24.6. The summed E-state index contributed by atoms with van der Waals surface area (Å²) in [6, 6.07) is 7.39. The number of hydrazine groups is 1. The molecule has 17 heteroatoms. The van der Waals surface area contributed by atoms with Gasteiger partial charge >= 0.3 is 65.2 Å². The van der Waals surface area contributed by atoms with Gasteiger partial charge < -0.3 is 20.3 Å². The second-order valence-corrected chi connectivity index (χ2v) is 8.24. The summed E-state index contributed by atoms with van der Waals surface area (Å²) in [4.78, 5) is 49.0. The van der Waals surface area contributed by atoms with Crippen molar-refractivity contribution in [2.24, 2.45) is 16.7 Å². The Morgan fingerprint density at radius 3 is 2.60 bits per heavy atom. The average molecular weight is 528 g/mol. The molecule has 3 rings (SSSR count). The van der Waals surface area contributed by atoms with Crippen molar-refractivity contribution in [3.63, 3.8) is 0 Å². The molecule has 2 heterocycles. The maximum Gasteiger partial charge on any atom is 1.00 e. The zero-order chi connectivity index (χ0) is 24.3. The number of cyclic esters (lactones) is 1. The van der Waals surface area contributed by atoms with Crippen molar-refractivity contribution in [3.05, 3.63) is 42.3 Å². The Hall–Kier alpha value is -1.13. The Labute approximate surface area is 245 Å². The normalized spacial score (nSPS) is 15.7. The standard InChI is InChI=1S/C18H23FN7O6P.2Na/c1-24(17(20)23-25(2)21)16-6-3-11(8-22-16)14-5-4-12(7-15(14)19)26-9-13(32-18(26)27)10-31-33(28,29)30;;/h3-8,13H,9-10,21H2,1-2H3,(H2,20,23)(H2,28,29,30);;/q;2*+1/p-1/t13-;;/m1../s1. The summed E-state index contributed by atoms with van der Waals surface area (Å²) in [5, 5.41) is 4.92. The first-order valence-electron chi connectivity index (χ1n) is 9.43. The van der Waals surface area contributed by atoms with Crippen molar-refractivity contribution < 1.29 is 92.2 Å². The maximum atomic E-state index is 14.8. The number of guanidine groups is 1. The van der Waals surface area contributed by atoms with Gasteiger partial charge in [0.25, 0.3) is 0 Å². The molecule has 1 atom stereocenters. The van der Waals surface area contributed by atoms with Crippen LogP contribution in [0.1, 0.15) is 0 Å². The van der Waals surface area contributed by atoms with Gasteiger partial charge in [-0.1, -0.05) is 0 Å². The molecule has 1 amide bonds. The first kappa shape index (κ1) is 31.9. The third kappa shape index (κ3) is 8.74. The molecule has 1 aromatic heterocycles. The number of nitrogens with zero attached hydrogens (tertiary/aromatic N) is 5. The Morgan fingerprint density at radius 1 is 1.37 bits per heavy atom.